The molecule has 8 nitrogen and oxygen atoms in total. The lowest BCUT2D eigenvalue weighted by atomic mass is 10.2. The lowest BCUT2D eigenvalue weighted by Crippen LogP contribution is -2.35. The lowest BCUT2D eigenvalue weighted by molar-refractivity contribution is -0.116. The average molecular weight is 399 g/mol. The third-order valence-corrected chi connectivity index (χ3v) is 6.72. The summed E-state index contributed by atoms with van der Waals surface area (Å²) in [6, 6.07) is 13.7. The summed E-state index contributed by atoms with van der Waals surface area (Å²) in [7, 11) is -3.47. The molecule has 0 unspecified atom stereocenters. The summed E-state index contributed by atoms with van der Waals surface area (Å²) in [5, 5.41) is 10.8. The van der Waals surface area contributed by atoms with Crippen LogP contribution in [0.5, 0.6) is 0 Å². The molecule has 1 aromatic heterocycles. The van der Waals surface area contributed by atoms with Gasteiger partial charge < -0.3 is 5.32 Å². The molecule has 2 heterocycles. The van der Waals surface area contributed by atoms with E-state index in [-0.39, 0.29) is 17.3 Å². The number of carbonyl (C=O) groups is 1. The van der Waals surface area contributed by atoms with E-state index in [2.05, 4.69) is 15.6 Å². The highest BCUT2D eigenvalue weighted by atomic mass is 32.2. The molecule has 0 spiro atoms. The Morgan fingerprint density at radius 3 is 2.46 bits per heavy atom. The minimum Gasteiger partial charge on any atom is -0.324 e. The Morgan fingerprint density at radius 2 is 1.71 bits per heavy atom. The Bertz CT molecular complexity index is 1090. The summed E-state index contributed by atoms with van der Waals surface area (Å²) in [5.41, 5.74) is 2.04. The van der Waals surface area contributed by atoms with Crippen LogP contribution in [-0.2, 0) is 21.4 Å². The van der Waals surface area contributed by atoms with Crippen molar-refractivity contribution in [2.45, 2.75) is 30.7 Å². The molecule has 28 heavy (non-hydrogen) atoms. The molecule has 1 aliphatic heterocycles. The van der Waals surface area contributed by atoms with E-state index >= 15 is 0 Å². The third kappa shape index (κ3) is 3.76. The van der Waals surface area contributed by atoms with Crippen LogP contribution in [0.2, 0.25) is 0 Å². The van der Waals surface area contributed by atoms with Gasteiger partial charge in [0.15, 0.2) is 0 Å². The van der Waals surface area contributed by atoms with Gasteiger partial charge in [-0.2, -0.15) is 4.31 Å². The SMILES string of the molecule is O=C(Cn1nnc2ccccc21)Nc1ccc(S(=O)(=O)N2CCCCC2)cc1. The van der Waals surface area contributed by atoms with Crippen molar-refractivity contribution in [1.82, 2.24) is 19.3 Å². The van der Waals surface area contributed by atoms with Gasteiger partial charge in [0.1, 0.15) is 12.1 Å². The quantitative estimate of drug-likeness (QED) is 0.710. The van der Waals surface area contributed by atoms with Gasteiger partial charge >= 0.3 is 0 Å². The van der Waals surface area contributed by atoms with E-state index in [1.807, 2.05) is 24.3 Å². The topological polar surface area (TPSA) is 97.2 Å². The molecule has 1 fully saturated rings. The molecule has 9 heteroatoms. The number of amides is 1. The highest BCUT2D eigenvalue weighted by Gasteiger charge is 2.25. The van der Waals surface area contributed by atoms with Crippen molar-refractivity contribution in [2.75, 3.05) is 18.4 Å². The predicted octanol–water partition coefficient (Wildman–Crippen LogP) is 2.24. The molecule has 0 saturated carbocycles. The van der Waals surface area contributed by atoms with Crippen molar-refractivity contribution in [1.29, 1.82) is 0 Å². The van der Waals surface area contributed by atoms with Crippen LogP contribution >= 0.6 is 0 Å². The molecule has 0 radical (unpaired) electrons. The molecule has 4 rings (SSSR count). The second-order valence-electron chi connectivity index (χ2n) is 6.77. The van der Waals surface area contributed by atoms with E-state index in [1.54, 1.807) is 12.1 Å². The van der Waals surface area contributed by atoms with Crippen molar-refractivity contribution >= 4 is 32.7 Å². The summed E-state index contributed by atoms with van der Waals surface area (Å²) < 4.78 is 28.4. The number of piperidine rings is 1. The van der Waals surface area contributed by atoms with Crippen molar-refractivity contribution in [2.24, 2.45) is 0 Å². The number of para-hydroxylation sites is 1. The Labute approximate surface area is 163 Å². The molecule has 3 aromatic rings. The fourth-order valence-electron chi connectivity index (χ4n) is 3.34. The van der Waals surface area contributed by atoms with E-state index in [0.29, 0.717) is 18.8 Å². The molecular formula is C19H21N5O3S. The number of nitrogens with zero attached hydrogens (tertiary/aromatic N) is 4. The summed E-state index contributed by atoms with van der Waals surface area (Å²) in [6.07, 6.45) is 2.85. The number of rotatable bonds is 5. The third-order valence-electron chi connectivity index (χ3n) is 4.80. The first kappa shape index (κ1) is 18.6. The lowest BCUT2D eigenvalue weighted by Gasteiger charge is -2.25. The molecule has 146 valence electrons. The predicted molar refractivity (Wildman–Crippen MR) is 105 cm³/mol. The maximum atomic E-state index is 12.7. The molecule has 0 aliphatic carbocycles. The van der Waals surface area contributed by atoms with Crippen molar-refractivity contribution < 1.29 is 13.2 Å². The zero-order valence-corrected chi connectivity index (χ0v) is 16.1. The van der Waals surface area contributed by atoms with Gasteiger partial charge in [0.05, 0.1) is 10.4 Å². The van der Waals surface area contributed by atoms with E-state index in [0.717, 1.165) is 30.3 Å². The van der Waals surface area contributed by atoms with E-state index < -0.39 is 10.0 Å². The molecule has 1 saturated heterocycles. The minimum atomic E-state index is -3.47. The van der Waals surface area contributed by atoms with Crippen LogP contribution in [0.25, 0.3) is 11.0 Å². The molecule has 0 atom stereocenters. The van der Waals surface area contributed by atoms with Gasteiger partial charge in [-0.1, -0.05) is 23.8 Å². The molecule has 1 N–H and O–H groups in total. The molecular weight excluding hydrogens is 378 g/mol. The number of anilines is 1. The van der Waals surface area contributed by atoms with Crippen LogP contribution in [-0.4, -0.2) is 46.7 Å². The molecule has 0 bridgehead atoms. The van der Waals surface area contributed by atoms with Crippen molar-refractivity contribution in [3.63, 3.8) is 0 Å². The Balaban J connectivity index is 1.43. The summed E-state index contributed by atoms with van der Waals surface area (Å²) >= 11 is 0. The monoisotopic (exact) mass is 399 g/mol. The maximum absolute atomic E-state index is 12.7. The zero-order valence-electron chi connectivity index (χ0n) is 15.3. The largest absolute Gasteiger partial charge is 0.324 e. The molecule has 1 amide bonds. The fraction of sp³-hybridized carbons (Fsp3) is 0.316. The van der Waals surface area contributed by atoms with Crippen LogP contribution in [0.4, 0.5) is 5.69 Å². The van der Waals surface area contributed by atoms with E-state index in [9.17, 15) is 13.2 Å². The first-order valence-electron chi connectivity index (χ1n) is 9.22. The van der Waals surface area contributed by atoms with Gasteiger partial charge in [-0.3, -0.25) is 4.79 Å². The number of aromatic nitrogens is 3. The van der Waals surface area contributed by atoms with Crippen LogP contribution in [0, 0.1) is 0 Å². The Morgan fingerprint density at radius 1 is 1.00 bits per heavy atom. The van der Waals surface area contributed by atoms with Gasteiger partial charge in [-0.05, 0) is 49.2 Å². The molecule has 2 aromatic carbocycles. The number of hydrogen-bond donors (Lipinski definition) is 1. The smallest absolute Gasteiger partial charge is 0.246 e. The van der Waals surface area contributed by atoms with Crippen molar-refractivity contribution in [3.05, 3.63) is 48.5 Å². The highest BCUT2D eigenvalue weighted by Crippen LogP contribution is 2.22. The van der Waals surface area contributed by atoms with Crippen molar-refractivity contribution in [3.8, 4) is 0 Å². The second-order valence-corrected chi connectivity index (χ2v) is 8.71. The van der Waals surface area contributed by atoms with Gasteiger partial charge in [-0.15, -0.1) is 5.10 Å². The number of benzene rings is 2. The number of carbonyl (C=O) groups excluding carboxylic acids is 1. The van der Waals surface area contributed by atoms with Crippen LogP contribution < -0.4 is 5.32 Å². The van der Waals surface area contributed by atoms with E-state index in [1.165, 1.54) is 21.1 Å². The van der Waals surface area contributed by atoms with E-state index in [4.69, 9.17) is 0 Å². The Hall–Kier alpha value is -2.78. The summed E-state index contributed by atoms with van der Waals surface area (Å²) in [4.78, 5) is 12.6. The minimum absolute atomic E-state index is 0.0222. The molecule has 1 aliphatic rings. The number of sulfonamides is 1. The normalized spacial score (nSPS) is 15.6. The average Bonchev–Trinajstić information content (AvgIpc) is 3.12. The Kier molecular flexibility index (Phi) is 5.10. The second kappa shape index (κ2) is 7.69. The van der Waals surface area contributed by atoms with Crippen LogP contribution in [0.15, 0.2) is 53.4 Å². The first-order valence-corrected chi connectivity index (χ1v) is 10.7. The van der Waals surface area contributed by atoms with Gasteiger partial charge in [0.25, 0.3) is 0 Å². The zero-order chi connectivity index (χ0) is 19.6. The summed E-state index contributed by atoms with van der Waals surface area (Å²) in [5.74, 6) is -0.262. The summed E-state index contributed by atoms with van der Waals surface area (Å²) in [6.45, 7) is 1.15. The fourth-order valence-corrected chi connectivity index (χ4v) is 4.85. The standard InChI is InChI=1S/C19H21N5O3S/c25-19(14-24-18-7-3-2-6-17(18)21-22-24)20-15-8-10-16(11-9-15)28(26,27)23-12-4-1-5-13-23/h2-3,6-11H,1,4-5,12-14H2,(H,20,25). The first-order chi connectivity index (χ1) is 13.5. The number of nitrogens with one attached hydrogen (secondary N) is 1. The number of fused-ring (bicyclic) bond motifs is 1. The van der Waals surface area contributed by atoms with Gasteiger partial charge in [0.2, 0.25) is 15.9 Å². The number of hydrogen-bond acceptors (Lipinski definition) is 5. The van der Waals surface area contributed by atoms with Crippen LogP contribution in [0.3, 0.4) is 0 Å². The van der Waals surface area contributed by atoms with Crippen LogP contribution in [0.1, 0.15) is 19.3 Å². The maximum Gasteiger partial charge on any atom is 0.246 e. The highest BCUT2D eigenvalue weighted by molar-refractivity contribution is 7.89. The van der Waals surface area contributed by atoms with Gasteiger partial charge in [0, 0.05) is 18.8 Å². The van der Waals surface area contributed by atoms with Gasteiger partial charge in [-0.25, -0.2) is 13.1 Å².